The number of nitrogens with zero attached hydrogens (tertiary/aromatic N) is 2. The number of rotatable bonds is 9. The van der Waals surface area contributed by atoms with Crippen molar-refractivity contribution in [2.24, 2.45) is 0 Å². The van der Waals surface area contributed by atoms with E-state index in [9.17, 15) is 14.0 Å². The number of hydrogen-bond acceptors (Lipinski definition) is 3. The maximum atomic E-state index is 13.3. The normalized spacial score (nSPS) is 13.1. The summed E-state index contributed by atoms with van der Waals surface area (Å²) >= 11 is 1.62. The summed E-state index contributed by atoms with van der Waals surface area (Å²) in [5, 5.41) is 2.00. The average Bonchev–Trinajstić information content (AvgIpc) is 3.49. The Hall–Kier alpha value is -2.99. The molecule has 4 nitrogen and oxygen atoms in total. The Morgan fingerprint density at radius 1 is 0.871 bits per heavy atom. The molecule has 0 N–H and O–H groups in total. The van der Waals surface area contributed by atoms with E-state index in [1.807, 2.05) is 52.7 Å². The molecule has 0 spiro atoms. The van der Waals surface area contributed by atoms with E-state index < -0.39 is 0 Å². The van der Waals surface area contributed by atoms with Crippen molar-refractivity contribution in [1.29, 1.82) is 0 Å². The molecule has 31 heavy (non-hydrogen) atoms. The highest BCUT2D eigenvalue weighted by molar-refractivity contribution is 7.09. The molecular weight excluding hydrogens is 411 g/mol. The van der Waals surface area contributed by atoms with Gasteiger partial charge in [-0.1, -0.05) is 48.5 Å². The van der Waals surface area contributed by atoms with Crippen LogP contribution in [0.3, 0.4) is 0 Å². The predicted octanol–water partition coefficient (Wildman–Crippen LogP) is 4.65. The average molecular weight is 437 g/mol. The number of carbonyl (C=O) groups is 2. The topological polar surface area (TPSA) is 40.6 Å². The molecule has 1 heterocycles. The van der Waals surface area contributed by atoms with Crippen molar-refractivity contribution in [2.45, 2.75) is 38.4 Å². The monoisotopic (exact) mass is 436 g/mol. The van der Waals surface area contributed by atoms with Crippen LogP contribution in [0.4, 0.5) is 4.39 Å². The van der Waals surface area contributed by atoms with Gasteiger partial charge in [-0.25, -0.2) is 4.39 Å². The summed E-state index contributed by atoms with van der Waals surface area (Å²) < 4.78 is 13.2. The zero-order chi connectivity index (χ0) is 21.6. The molecule has 1 saturated carbocycles. The summed E-state index contributed by atoms with van der Waals surface area (Å²) in [6.45, 7) is 1.10. The van der Waals surface area contributed by atoms with Crippen LogP contribution < -0.4 is 0 Å². The molecule has 1 aliphatic rings. The van der Waals surface area contributed by atoms with Gasteiger partial charge in [-0.2, -0.15) is 0 Å². The van der Waals surface area contributed by atoms with Crippen LogP contribution in [0.25, 0.3) is 0 Å². The fraction of sp³-hybridized carbons (Fsp3) is 0.280. The van der Waals surface area contributed by atoms with Gasteiger partial charge in [0, 0.05) is 17.5 Å². The van der Waals surface area contributed by atoms with E-state index in [0.29, 0.717) is 13.1 Å². The Bertz CT molecular complexity index is 1000. The fourth-order valence-corrected chi connectivity index (χ4v) is 4.28. The first-order valence-corrected chi connectivity index (χ1v) is 11.3. The lowest BCUT2D eigenvalue weighted by atomic mass is 10.1. The highest BCUT2D eigenvalue weighted by atomic mass is 32.1. The van der Waals surface area contributed by atoms with Crippen LogP contribution in [0.5, 0.6) is 0 Å². The third kappa shape index (κ3) is 6.01. The van der Waals surface area contributed by atoms with E-state index in [-0.39, 0.29) is 36.6 Å². The molecule has 0 saturated heterocycles. The van der Waals surface area contributed by atoms with Gasteiger partial charge in [-0.15, -0.1) is 11.3 Å². The molecule has 6 heteroatoms. The minimum Gasteiger partial charge on any atom is -0.332 e. The second-order valence-corrected chi connectivity index (χ2v) is 8.90. The molecule has 0 atom stereocenters. The summed E-state index contributed by atoms with van der Waals surface area (Å²) in [6, 6.07) is 20.0. The van der Waals surface area contributed by atoms with E-state index in [1.54, 1.807) is 28.4 Å². The van der Waals surface area contributed by atoms with Gasteiger partial charge in [0.25, 0.3) is 0 Å². The minimum atomic E-state index is -0.324. The second kappa shape index (κ2) is 9.88. The van der Waals surface area contributed by atoms with Crippen LogP contribution in [0.2, 0.25) is 0 Å². The lowest BCUT2D eigenvalue weighted by Gasteiger charge is -2.28. The first-order chi connectivity index (χ1) is 15.1. The Balaban J connectivity index is 1.46. The summed E-state index contributed by atoms with van der Waals surface area (Å²) in [7, 11) is 0. The molecule has 4 rings (SSSR count). The lowest BCUT2D eigenvalue weighted by Crippen LogP contribution is -2.44. The molecule has 160 valence electrons. The third-order valence-electron chi connectivity index (χ3n) is 5.38. The van der Waals surface area contributed by atoms with Crippen LogP contribution >= 0.6 is 11.3 Å². The van der Waals surface area contributed by atoms with Crippen molar-refractivity contribution in [3.63, 3.8) is 0 Å². The van der Waals surface area contributed by atoms with Gasteiger partial charge in [0.05, 0.1) is 13.0 Å². The van der Waals surface area contributed by atoms with E-state index in [4.69, 9.17) is 0 Å². The van der Waals surface area contributed by atoms with Crippen LogP contribution in [-0.4, -0.2) is 34.2 Å². The van der Waals surface area contributed by atoms with Crippen LogP contribution in [0.1, 0.15) is 28.8 Å². The summed E-state index contributed by atoms with van der Waals surface area (Å²) in [4.78, 5) is 30.9. The third-order valence-corrected chi connectivity index (χ3v) is 6.24. The smallest absolute Gasteiger partial charge is 0.242 e. The van der Waals surface area contributed by atoms with Crippen molar-refractivity contribution < 1.29 is 14.0 Å². The molecule has 0 unspecified atom stereocenters. The number of hydrogen-bond donors (Lipinski definition) is 0. The van der Waals surface area contributed by atoms with Crippen molar-refractivity contribution in [2.75, 3.05) is 6.54 Å². The van der Waals surface area contributed by atoms with Gasteiger partial charge >= 0.3 is 0 Å². The molecule has 1 fully saturated rings. The van der Waals surface area contributed by atoms with Gasteiger partial charge in [0.15, 0.2) is 0 Å². The summed E-state index contributed by atoms with van der Waals surface area (Å²) in [5.74, 6) is -0.467. The van der Waals surface area contributed by atoms with E-state index in [0.717, 1.165) is 28.8 Å². The molecule has 1 aliphatic carbocycles. The fourth-order valence-electron chi connectivity index (χ4n) is 3.56. The first kappa shape index (κ1) is 21.2. The number of carbonyl (C=O) groups excluding carboxylic acids is 2. The predicted molar refractivity (Wildman–Crippen MR) is 120 cm³/mol. The molecule has 1 aromatic heterocycles. The van der Waals surface area contributed by atoms with Gasteiger partial charge in [0.2, 0.25) is 11.8 Å². The maximum absolute atomic E-state index is 13.3. The second-order valence-electron chi connectivity index (χ2n) is 7.87. The standard InChI is InChI=1S/C25H25FN2O2S/c26-21-10-8-19(9-11-21)15-24(29)28(22-12-13-22)18-25(30)27(17-23-7-4-14-31-23)16-20-5-2-1-3-6-20/h1-11,14,22H,12-13,15-18H2. The zero-order valence-corrected chi connectivity index (χ0v) is 18.1. The van der Waals surface area contributed by atoms with Crippen molar-refractivity contribution >= 4 is 23.2 Å². The van der Waals surface area contributed by atoms with Crippen molar-refractivity contribution in [3.8, 4) is 0 Å². The molecule has 0 aliphatic heterocycles. The Kier molecular flexibility index (Phi) is 6.77. The maximum Gasteiger partial charge on any atom is 0.242 e. The molecule has 2 amide bonds. The first-order valence-electron chi connectivity index (χ1n) is 10.5. The van der Waals surface area contributed by atoms with Gasteiger partial charge < -0.3 is 9.80 Å². The highest BCUT2D eigenvalue weighted by Gasteiger charge is 2.34. The molecule has 3 aromatic rings. The Morgan fingerprint density at radius 3 is 2.26 bits per heavy atom. The largest absolute Gasteiger partial charge is 0.332 e. The number of amides is 2. The van der Waals surface area contributed by atoms with Gasteiger partial charge in [-0.05, 0) is 47.5 Å². The molecule has 2 aromatic carbocycles. The van der Waals surface area contributed by atoms with E-state index >= 15 is 0 Å². The van der Waals surface area contributed by atoms with Gasteiger partial charge in [-0.3, -0.25) is 9.59 Å². The SMILES string of the molecule is O=C(CN(C(=O)Cc1ccc(F)cc1)C1CC1)N(Cc1ccccc1)Cc1cccs1. The molecule has 0 bridgehead atoms. The molecule has 0 radical (unpaired) electrons. The number of benzene rings is 2. The highest BCUT2D eigenvalue weighted by Crippen LogP contribution is 2.28. The van der Waals surface area contributed by atoms with Crippen LogP contribution in [0.15, 0.2) is 72.1 Å². The number of halogens is 1. The summed E-state index contributed by atoms with van der Waals surface area (Å²) in [5.41, 5.74) is 1.81. The van der Waals surface area contributed by atoms with Crippen LogP contribution in [0, 0.1) is 5.82 Å². The van der Waals surface area contributed by atoms with Crippen molar-refractivity contribution in [3.05, 3.63) is 93.9 Å². The van der Waals surface area contributed by atoms with E-state index in [2.05, 4.69) is 0 Å². The zero-order valence-electron chi connectivity index (χ0n) is 17.2. The quantitative estimate of drug-likeness (QED) is 0.490. The Morgan fingerprint density at radius 2 is 1.61 bits per heavy atom. The van der Waals surface area contributed by atoms with Crippen LogP contribution in [-0.2, 0) is 29.1 Å². The molecular formula is C25H25FN2O2S. The number of thiophene rings is 1. The lowest BCUT2D eigenvalue weighted by molar-refractivity contribution is -0.141. The van der Waals surface area contributed by atoms with Crippen molar-refractivity contribution in [1.82, 2.24) is 9.80 Å². The minimum absolute atomic E-state index is 0.0587. The Labute approximate surface area is 185 Å². The van der Waals surface area contributed by atoms with E-state index in [1.165, 1.54) is 12.1 Å². The summed E-state index contributed by atoms with van der Waals surface area (Å²) in [6.07, 6.45) is 2.02. The van der Waals surface area contributed by atoms with Gasteiger partial charge in [0.1, 0.15) is 12.4 Å².